The molecule has 1 heterocycles. The molecule has 3 aromatic rings. The average molecular weight is 383 g/mol. The van der Waals surface area contributed by atoms with Crippen LogP contribution in [0.3, 0.4) is 0 Å². The minimum Gasteiger partial charge on any atom is -0.431 e. The highest BCUT2D eigenvalue weighted by Crippen LogP contribution is 2.31. The van der Waals surface area contributed by atoms with Gasteiger partial charge in [-0.1, -0.05) is 42.5 Å². The van der Waals surface area contributed by atoms with Crippen molar-refractivity contribution in [3.8, 4) is 10.9 Å². The van der Waals surface area contributed by atoms with Gasteiger partial charge in [-0.25, -0.2) is 4.98 Å². The van der Waals surface area contributed by atoms with Crippen LogP contribution in [-0.4, -0.2) is 40.7 Å². The Bertz CT molecular complexity index is 840. The van der Waals surface area contributed by atoms with Crippen molar-refractivity contribution >= 4 is 21.6 Å². The van der Waals surface area contributed by atoms with E-state index in [0.29, 0.717) is 11.1 Å². The second-order valence-corrected chi connectivity index (χ2v) is 8.45. The van der Waals surface area contributed by atoms with Crippen LogP contribution in [-0.2, 0) is 6.42 Å². The molecular formula is C22H26N2O2S. The normalized spacial score (nSPS) is 15.4. The maximum atomic E-state index is 9.32. The van der Waals surface area contributed by atoms with Gasteiger partial charge in [0.15, 0.2) is 0 Å². The van der Waals surface area contributed by atoms with Crippen LogP contribution in [0.4, 0.5) is 0 Å². The molecule has 0 spiro atoms. The topological polar surface area (TPSA) is 45.6 Å². The molecule has 0 bridgehead atoms. The van der Waals surface area contributed by atoms with E-state index in [1.807, 2.05) is 30.3 Å². The average Bonchev–Trinajstić information content (AvgIpc) is 3.45. The van der Waals surface area contributed by atoms with Crippen LogP contribution >= 0.6 is 11.3 Å². The summed E-state index contributed by atoms with van der Waals surface area (Å²) in [5.41, 5.74) is 2.29. The molecule has 0 aliphatic heterocycles. The lowest BCUT2D eigenvalue weighted by atomic mass is 10.1. The highest BCUT2D eigenvalue weighted by atomic mass is 32.1. The molecule has 4 nitrogen and oxygen atoms in total. The van der Waals surface area contributed by atoms with E-state index >= 15 is 0 Å². The van der Waals surface area contributed by atoms with Crippen molar-refractivity contribution in [2.24, 2.45) is 5.92 Å². The van der Waals surface area contributed by atoms with Crippen LogP contribution in [0.5, 0.6) is 10.9 Å². The monoisotopic (exact) mass is 382 g/mol. The summed E-state index contributed by atoms with van der Waals surface area (Å²) in [4.78, 5) is 7.06. The minimum absolute atomic E-state index is 0.265. The molecule has 0 amide bonds. The summed E-state index contributed by atoms with van der Waals surface area (Å²) in [5.74, 6) is 1.17. The smallest absolute Gasteiger partial charge is 0.279 e. The van der Waals surface area contributed by atoms with Crippen molar-refractivity contribution in [3.05, 3.63) is 54.1 Å². The molecule has 1 fully saturated rings. The van der Waals surface area contributed by atoms with E-state index in [0.717, 1.165) is 41.5 Å². The first-order chi connectivity index (χ1) is 13.2. The van der Waals surface area contributed by atoms with Crippen LogP contribution in [0.2, 0.25) is 0 Å². The number of benzene rings is 2. The second kappa shape index (κ2) is 8.38. The quantitative estimate of drug-likeness (QED) is 0.581. The Hall–Kier alpha value is -1.95. The van der Waals surface area contributed by atoms with Gasteiger partial charge in [-0.3, -0.25) is 4.90 Å². The fourth-order valence-electron chi connectivity index (χ4n) is 3.31. The number of aliphatic hydroxyl groups is 1. The molecule has 5 heteroatoms. The van der Waals surface area contributed by atoms with E-state index in [-0.39, 0.29) is 6.61 Å². The Morgan fingerprint density at radius 2 is 1.96 bits per heavy atom. The summed E-state index contributed by atoms with van der Waals surface area (Å²) < 4.78 is 7.07. The van der Waals surface area contributed by atoms with Crippen LogP contribution in [0.1, 0.15) is 25.3 Å². The standard InChI is InChI=1S/C22H26N2O2S/c1-16(15-25)14-24(18-8-9-18)13-12-17-6-10-19(11-7-17)26-22-23-20-4-2-3-5-21(20)27-22/h2-7,10-11,16,18,25H,8-9,12-15H2,1H3/t16-/m0/s1. The maximum Gasteiger partial charge on any atom is 0.279 e. The molecule has 1 N–H and O–H groups in total. The molecular weight excluding hydrogens is 356 g/mol. The highest BCUT2D eigenvalue weighted by molar-refractivity contribution is 7.20. The van der Waals surface area contributed by atoms with E-state index in [1.54, 1.807) is 11.3 Å². The zero-order valence-corrected chi connectivity index (χ0v) is 16.5. The van der Waals surface area contributed by atoms with Gasteiger partial charge < -0.3 is 9.84 Å². The fraction of sp³-hybridized carbons (Fsp3) is 0.409. The Kier molecular flexibility index (Phi) is 5.72. The Balaban J connectivity index is 1.34. The van der Waals surface area contributed by atoms with Crippen molar-refractivity contribution in [1.82, 2.24) is 9.88 Å². The zero-order chi connectivity index (χ0) is 18.6. The van der Waals surface area contributed by atoms with Crippen molar-refractivity contribution in [2.45, 2.75) is 32.2 Å². The van der Waals surface area contributed by atoms with Gasteiger partial charge in [-0.05, 0) is 55.0 Å². The highest BCUT2D eigenvalue weighted by Gasteiger charge is 2.29. The number of ether oxygens (including phenoxy) is 1. The number of rotatable bonds is 9. The summed E-state index contributed by atoms with van der Waals surface area (Å²) in [6.45, 7) is 4.41. The van der Waals surface area contributed by atoms with Crippen LogP contribution < -0.4 is 4.74 Å². The Morgan fingerprint density at radius 3 is 2.67 bits per heavy atom. The lowest BCUT2D eigenvalue weighted by molar-refractivity contribution is 0.169. The molecule has 2 aromatic carbocycles. The van der Waals surface area contributed by atoms with E-state index in [1.165, 1.54) is 18.4 Å². The third-order valence-electron chi connectivity index (χ3n) is 5.01. The van der Waals surface area contributed by atoms with Gasteiger partial charge in [0.25, 0.3) is 5.19 Å². The molecule has 1 aromatic heterocycles. The van der Waals surface area contributed by atoms with Gasteiger partial charge in [0.1, 0.15) is 5.75 Å². The first kappa shape index (κ1) is 18.4. The minimum atomic E-state index is 0.265. The number of fused-ring (bicyclic) bond motifs is 1. The van der Waals surface area contributed by atoms with Gasteiger partial charge in [0, 0.05) is 25.7 Å². The SMILES string of the molecule is C[C@H](CO)CN(CCc1ccc(Oc2nc3ccccc3s2)cc1)C1CC1. The molecule has 1 saturated carbocycles. The van der Waals surface area contributed by atoms with Gasteiger partial charge in [0.05, 0.1) is 10.2 Å². The molecule has 1 aliphatic rings. The molecule has 0 unspecified atom stereocenters. The lowest BCUT2D eigenvalue weighted by Gasteiger charge is -2.24. The molecule has 142 valence electrons. The van der Waals surface area contributed by atoms with Crippen LogP contribution in [0, 0.1) is 5.92 Å². The number of aromatic nitrogens is 1. The number of hydrogen-bond donors (Lipinski definition) is 1. The summed E-state index contributed by atoms with van der Waals surface area (Å²) in [7, 11) is 0. The molecule has 4 rings (SSSR count). The second-order valence-electron chi connectivity index (χ2n) is 7.46. The van der Waals surface area contributed by atoms with Gasteiger partial charge >= 0.3 is 0 Å². The van der Waals surface area contributed by atoms with Gasteiger partial charge in [-0.2, -0.15) is 0 Å². The summed E-state index contributed by atoms with van der Waals surface area (Å²) >= 11 is 1.57. The number of aliphatic hydroxyl groups excluding tert-OH is 1. The number of thiazole rings is 1. The van der Waals surface area contributed by atoms with Gasteiger partial charge in [0.2, 0.25) is 0 Å². The summed E-state index contributed by atoms with van der Waals surface area (Å²) in [6.07, 6.45) is 3.62. The van der Waals surface area contributed by atoms with Crippen molar-refractivity contribution in [1.29, 1.82) is 0 Å². The van der Waals surface area contributed by atoms with E-state index in [2.05, 4.69) is 35.0 Å². The molecule has 0 radical (unpaired) electrons. The maximum absolute atomic E-state index is 9.32. The fourth-order valence-corrected chi connectivity index (χ4v) is 4.15. The van der Waals surface area contributed by atoms with E-state index in [9.17, 15) is 5.11 Å². The lowest BCUT2D eigenvalue weighted by Crippen LogP contribution is -2.33. The van der Waals surface area contributed by atoms with Crippen molar-refractivity contribution in [3.63, 3.8) is 0 Å². The first-order valence-corrected chi connectivity index (χ1v) is 10.5. The number of hydrogen-bond acceptors (Lipinski definition) is 5. The number of para-hydroxylation sites is 1. The predicted octanol–water partition coefficient (Wildman–Crippen LogP) is 4.72. The largest absolute Gasteiger partial charge is 0.431 e. The van der Waals surface area contributed by atoms with Gasteiger partial charge in [-0.15, -0.1) is 0 Å². The Labute approximate surface area is 164 Å². The molecule has 27 heavy (non-hydrogen) atoms. The zero-order valence-electron chi connectivity index (χ0n) is 15.7. The molecule has 0 saturated heterocycles. The summed E-state index contributed by atoms with van der Waals surface area (Å²) in [5, 5.41) is 10.0. The molecule has 1 aliphatic carbocycles. The Morgan fingerprint density at radius 1 is 1.19 bits per heavy atom. The van der Waals surface area contributed by atoms with Crippen LogP contribution in [0.15, 0.2) is 48.5 Å². The third kappa shape index (κ3) is 4.86. The van der Waals surface area contributed by atoms with Crippen molar-refractivity contribution in [2.75, 3.05) is 19.7 Å². The van der Waals surface area contributed by atoms with E-state index < -0.39 is 0 Å². The molecule has 1 atom stereocenters. The first-order valence-electron chi connectivity index (χ1n) is 9.68. The van der Waals surface area contributed by atoms with E-state index in [4.69, 9.17) is 4.74 Å². The number of nitrogens with zero attached hydrogens (tertiary/aromatic N) is 2. The van der Waals surface area contributed by atoms with Crippen LogP contribution in [0.25, 0.3) is 10.2 Å². The predicted molar refractivity (Wildman–Crippen MR) is 111 cm³/mol. The summed E-state index contributed by atoms with van der Waals surface area (Å²) in [6, 6.07) is 17.1. The van der Waals surface area contributed by atoms with Crippen molar-refractivity contribution < 1.29 is 9.84 Å². The third-order valence-corrected chi connectivity index (χ3v) is 5.93.